The number of benzene rings is 1. The molecule has 1 aromatic heterocycles. The SMILES string of the molecule is Cc1cccc(-c2cc(CC(C)C)ccn2)c1. The molecule has 0 aliphatic rings. The zero-order valence-electron chi connectivity index (χ0n) is 10.8. The maximum Gasteiger partial charge on any atom is 0.0704 e. The highest BCUT2D eigenvalue weighted by atomic mass is 14.7. The van der Waals surface area contributed by atoms with Crippen molar-refractivity contribution in [3.63, 3.8) is 0 Å². The molecule has 17 heavy (non-hydrogen) atoms. The molecule has 0 amide bonds. The Morgan fingerprint density at radius 2 is 1.94 bits per heavy atom. The number of aromatic nitrogens is 1. The number of rotatable bonds is 3. The molecule has 0 aliphatic heterocycles. The molecule has 2 aromatic rings. The van der Waals surface area contributed by atoms with Crippen molar-refractivity contribution < 1.29 is 0 Å². The molecule has 0 atom stereocenters. The number of hydrogen-bond donors (Lipinski definition) is 0. The van der Waals surface area contributed by atoms with Gasteiger partial charge in [0.05, 0.1) is 5.69 Å². The van der Waals surface area contributed by atoms with Crippen LogP contribution in [-0.2, 0) is 6.42 Å². The van der Waals surface area contributed by atoms with Crippen LogP contribution in [-0.4, -0.2) is 4.98 Å². The second-order valence-corrected chi connectivity index (χ2v) is 5.02. The van der Waals surface area contributed by atoms with Gasteiger partial charge in [-0.05, 0) is 43.0 Å². The Hall–Kier alpha value is -1.63. The van der Waals surface area contributed by atoms with Crippen molar-refractivity contribution in [3.05, 3.63) is 53.7 Å². The summed E-state index contributed by atoms with van der Waals surface area (Å²) in [5.41, 5.74) is 4.92. The van der Waals surface area contributed by atoms with E-state index < -0.39 is 0 Å². The second-order valence-electron chi connectivity index (χ2n) is 5.02. The number of aryl methyl sites for hydroxylation is 1. The van der Waals surface area contributed by atoms with Gasteiger partial charge >= 0.3 is 0 Å². The van der Waals surface area contributed by atoms with Gasteiger partial charge in [0.2, 0.25) is 0 Å². The van der Waals surface area contributed by atoms with Crippen molar-refractivity contribution >= 4 is 0 Å². The van der Waals surface area contributed by atoms with Gasteiger partial charge in [-0.3, -0.25) is 4.98 Å². The van der Waals surface area contributed by atoms with E-state index in [9.17, 15) is 0 Å². The minimum Gasteiger partial charge on any atom is -0.256 e. The normalized spacial score (nSPS) is 10.8. The predicted molar refractivity (Wildman–Crippen MR) is 73.0 cm³/mol. The Morgan fingerprint density at radius 1 is 1.12 bits per heavy atom. The molecule has 0 N–H and O–H groups in total. The van der Waals surface area contributed by atoms with E-state index in [2.05, 4.69) is 62.2 Å². The maximum absolute atomic E-state index is 4.46. The molecule has 0 saturated carbocycles. The molecule has 0 saturated heterocycles. The van der Waals surface area contributed by atoms with E-state index in [0.29, 0.717) is 5.92 Å². The predicted octanol–water partition coefficient (Wildman–Crippen LogP) is 4.26. The van der Waals surface area contributed by atoms with Crippen LogP contribution in [0.15, 0.2) is 42.6 Å². The summed E-state index contributed by atoms with van der Waals surface area (Å²) < 4.78 is 0. The number of hydrogen-bond acceptors (Lipinski definition) is 1. The third-order valence-electron chi connectivity index (χ3n) is 2.78. The molecule has 0 aliphatic carbocycles. The van der Waals surface area contributed by atoms with Crippen LogP contribution in [0.4, 0.5) is 0 Å². The minimum absolute atomic E-state index is 0.683. The first kappa shape index (κ1) is 11.8. The summed E-state index contributed by atoms with van der Waals surface area (Å²) in [5, 5.41) is 0. The quantitative estimate of drug-likeness (QED) is 0.760. The maximum atomic E-state index is 4.46. The lowest BCUT2D eigenvalue weighted by atomic mass is 10.0. The molecule has 1 heterocycles. The van der Waals surface area contributed by atoms with Crippen LogP contribution in [0, 0.1) is 12.8 Å². The zero-order chi connectivity index (χ0) is 12.3. The van der Waals surface area contributed by atoms with Gasteiger partial charge in [0, 0.05) is 11.8 Å². The Bertz CT molecular complexity index is 500. The van der Waals surface area contributed by atoms with E-state index in [1.165, 1.54) is 16.7 Å². The van der Waals surface area contributed by atoms with Crippen LogP contribution in [0.3, 0.4) is 0 Å². The van der Waals surface area contributed by atoms with E-state index in [1.807, 2.05) is 6.20 Å². The molecule has 0 spiro atoms. The molecule has 1 nitrogen and oxygen atoms in total. The molecule has 1 heteroatoms. The average Bonchev–Trinajstić information content (AvgIpc) is 2.28. The summed E-state index contributed by atoms with van der Waals surface area (Å²) in [6.07, 6.45) is 3.02. The molecule has 1 aromatic carbocycles. The number of pyridine rings is 1. The molecule has 0 bridgehead atoms. The van der Waals surface area contributed by atoms with Crippen molar-refractivity contribution in [3.8, 4) is 11.3 Å². The van der Waals surface area contributed by atoms with Gasteiger partial charge in [0.15, 0.2) is 0 Å². The third-order valence-corrected chi connectivity index (χ3v) is 2.78. The first-order valence-electron chi connectivity index (χ1n) is 6.17. The molecular weight excluding hydrogens is 206 g/mol. The monoisotopic (exact) mass is 225 g/mol. The van der Waals surface area contributed by atoms with Gasteiger partial charge in [-0.25, -0.2) is 0 Å². The largest absolute Gasteiger partial charge is 0.256 e. The van der Waals surface area contributed by atoms with Crippen LogP contribution >= 0.6 is 0 Å². The molecule has 2 rings (SSSR count). The van der Waals surface area contributed by atoms with Gasteiger partial charge in [-0.15, -0.1) is 0 Å². The van der Waals surface area contributed by atoms with Gasteiger partial charge in [0.1, 0.15) is 0 Å². The smallest absolute Gasteiger partial charge is 0.0704 e. The molecule has 0 unspecified atom stereocenters. The Labute approximate surface area is 104 Å². The van der Waals surface area contributed by atoms with Crippen LogP contribution in [0.2, 0.25) is 0 Å². The second kappa shape index (κ2) is 5.13. The summed E-state index contributed by atoms with van der Waals surface area (Å²) in [4.78, 5) is 4.46. The number of nitrogens with zero attached hydrogens (tertiary/aromatic N) is 1. The standard InChI is InChI=1S/C16H19N/c1-12(2)9-14-7-8-17-16(11-14)15-6-4-5-13(3)10-15/h4-8,10-12H,9H2,1-3H3. The van der Waals surface area contributed by atoms with Crippen molar-refractivity contribution in [1.82, 2.24) is 4.98 Å². The van der Waals surface area contributed by atoms with Gasteiger partial charge in [0.25, 0.3) is 0 Å². The Balaban J connectivity index is 2.33. The van der Waals surface area contributed by atoms with Crippen LogP contribution in [0.25, 0.3) is 11.3 Å². The average molecular weight is 225 g/mol. The molecule has 0 fully saturated rings. The Kier molecular flexibility index (Phi) is 3.58. The van der Waals surface area contributed by atoms with E-state index >= 15 is 0 Å². The van der Waals surface area contributed by atoms with E-state index in [0.717, 1.165) is 12.1 Å². The molecule has 88 valence electrons. The molecular formula is C16H19N. The Morgan fingerprint density at radius 3 is 2.65 bits per heavy atom. The van der Waals surface area contributed by atoms with Crippen molar-refractivity contribution in [2.45, 2.75) is 27.2 Å². The zero-order valence-corrected chi connectivity index (χ0v) is 10.8. The van der Waals surface area contributed by atoms with E-state index in [-0.39, 0.29) is 0 Å². The van der Waals surface area contributed by atoms with Crippen molar-refractivity contribution in [2.75, 3.05) is 0 Å². The fourth-order valence-electron chi connectivity index (χ4n) is 2.03. The molecule has 0 radical (unpaired) electrons. The van der Waals surface area contributed by atoms with E-state index in [4.69, 9.17) is 0 Å². The van der Waals surface area contributed by atoms with Gasteiger partial charge in [-0.2, -0.15) is 0 Å². The fourth-order valence-corrected chi connectivity index (χ4v) is 2.03. The van der Waals surface area contributed by atoms with Crippen LogP contribution in [0.5, 0.6) is 0 Å². The fraction of sp³-hybridized carbons (Fsp3) is 0.312. The highest BCUT2D eigenvalue weighted by molar-refractivity contribution is 5.60. The summed E-state index contributed by atoms with van der Waals surface area (Å²) in [7, 11) is 0. The lowest BCUT2D eigenvalue weighted by Gasteiger charge is -2.07. The summed E-state index contributed by atoms with van der Waals surface area (Å²) in [6, 6.07) is 12.8. The van der Waals surface area contributed by atoms with E-state index in [1.54, 1.807) is 0 Å². The minimum atomic E-state index is 0.683. The summed E-state index contributed by atoms with van der Waals surface area (Å²) in [6.45, 7) is 6.60. The lowest BCUT2D eigenvalue weighted by molar-refractivity contribution is 0.647. The summed E-state index contributed by atoms with van der Waals surface area (Å²) >= 11 is 0. The van der Waals surface area contributed by atoms with Gasteiger partial charge < -0.3 is 0 Å². The highest BCUT2D eigenvalue weighted by Crippen LogP contribution is 2.20. The van der Waals surface area contributed by atoms with Crippen molar-refractivity contribution in [2.24, 2.45) is 5.92 Å². The van der Waals surface area contributed by atoms with Gasteiger partial charge in [-0.1, -0.05) is 37.6 Å². The highest BCUT2D eigenvalue weighted by Gasteiger charge is 2.02. The lowest BCUT2D eigenvalue weighted by Crippen LogP contribution is -1.95. The van der Waals surface area contributed by atoms with Crippen LogP contribution < -0.4 is 0 Å². The first-order valence-corrected chi connectivity index (χ1v) is 6.17. The van der Waals surface area contributed by atoms with Crippen LogP contribution in [0.1, 0.15) is 25.0 Å². The third kappa shape index (κ3) is 3.16. The first-order chi connectivity index (χ1) is 8.15. The summed E-state index contributed by atoms with van der Waals surface area (Å²) in [5.74, 6) is 0.683. The topological polar surface area (TPSA) is 12.9 Å². The van der Waals surface area contributed by atoms with Crippen molar-refractivity contribution in [1.29, 1.82) is 0 Å².